The second kappa shape index (κ2) is 5.62. The van der Waals surface area contributed by atoms with Crippen LogP contribution in [0.4, 0.5) is 4.39 Å². The van der Waals surface area contributed by atoms with Gasteiger partial charge in [-0.2, -0.15) is 0 Å². The highest BCUT2D eigenvalue weighted by Gasteiger charge is 2.29. The van der Waals surface area contributed by atoms with Gasteiger partial charge in [-0.25, -0.2) is 0 Å². The zero-order valence-electron chi connectivity index (χ0n) is 9.75. The summed E-state index contributed by atoms with van der Waals surface area (Å²) in [5.41, 5.74) is 0. The minimum Gasteiger partial charge on any atom is -0.342 e. The van der Waals surface area contributed by atoms with Crippen LogP contribution in [-0.4, -0.2) is 43.7 Å². The average molecular weight is 228 g/mol. The Kier molecular flexibility index (Phi) is 4.16. The summed E-state index contributed by atoms with van der Waals surface area (Å²) < 4.78 is 12.6. The zero-order chi connectivity index (χ0) is 11.4. The van der Waals surface area contributed by atoms with Crippen molar-refractivity contribution in [3.05, 3.63) is 0 Å². The van der Waals surface area contributed by atoms with Gasteiger partial charge in [-0.1, -0.05) is 0 Å². The Morgan fingerprint density at radius 3 is 2.75 bits per heavy atom. The highest BCUT2D eigenvalue weighted by Crippen LogP contribution is 2.21. The highest BCUT2D eigenvalue weighted by molar-refractivity contribution is 5.79. The number of piperidine rings is 2. The van der Waals surface area contributed by atoms with E-state index in [1.165, 1.54) is 0 Å². The maximum Gasteiger partial charge on any atom is 0.225 e. The fraction of sp³-hybridized carbons (Fsp3) is 0.917. The summed E-state index contributed by atoms with van der Waals surface area (Å²) >= 11 is 0. The average Bonchev–Trinajstić information content (AvgIpc) is 2.39. The molecule has 1 N–H and O–H groups in total. The summed E-state index contributed by atoms with van der Waals surface area (Å²) in [6.45, 7) is 3.07. The van der Waals surface area contributed by atoms with Crippen LogP contribution in [0.25, 0.3) is 0 Å². The molecule has 2 fully saturated rings. The molecule has 2 rings (SSSR count). The largest absolute Gasteiger partial charge is 0.342 e. The van der Waals surface area contributed by atoms with Gasteiger partial charge in [-0.3, -0.25) is 9.18 Å². The van der Waals surface area contributed by atoms with Gasteiger partial charge in [0.25, 0.3) is 0 Å². The number of carbonyl (C=O) groups is 1. The maximum absolute atomic E-state index is 12.6. The lowest BCUT2D eigenvalue weighted by Gasteiger charge is -2.35. The van der Waals surface area contributed by atoms with Gasteiger partial charge in [0.1, 0.15) is 0 Å². The molecule has 0 bridgehead atoms. The van der Waals surface area contributed by atoms with Gasteiger partial charge in [0, 0.05) is 24.9 Å². The van der Waals surface area contributed by atoms with Crippen LogP contribution < -0.4 is 5.32 Å². The number of halogens is 1. The van der Waals surface area contributed by atoms with Crippen molar-refractivity contribution in [2.45, 2.75) is 25.7 Å². The van der Waals surface area contributed by atoms with E-state index >= 15 is 0 Å². The summed E-state index contributed by atoms with van der Waals surface area (Å²) in [4.78, 5) is 14.1. The molecular formula is C12H21FN2O. The van der Waals surface area contributed by atoms with Gasteiger partial charge in [0.05, 0.1) is 6.67 Å². The lowest BCUT2D eigenvalue weighted by molar-refractivity contribution is -0.138. The lowest BCUT2D eigenvalue weighted by Crippen LogP contribution is -2.45. The second-order valence-electron chi connectivity index (χ2n) is 4.97. The van der Waals surface area contributed by atoms with Crippen LogP contribution in [0.5, 0.6) is 0 Å². The molecule has 0 aliphatic carbocycles. The summed E-state index contributed by atoms with van der Waals surface area (Å²) in [6, 6.07) is 0. The molecule has 2 aliphatic rings. The van der Waals surface area contributed by atoms with E-state index in [9.17, 15) is 9.18 Å². The Morgan fingerprint density at radius 1 is 1.31 bits per heavy atom. The smallest absolute Gasteiger partial charge is 0.225 e. The number of hydrogen-bond donors (Lipinski definition) is 1. The zero-order valence-corrected chi connectivity index (χ0v) is 9.75. The quantitative estimate of drug-likeness (QED) is 0.770. The van der Waals surface area contributed by atoms with Crippen LogP contribution in [-0.2, 0) is 4.79 Å². The summed E-state index contributed by atoms with van der Waals surface area (Å²) in [6.07, 6.45) is 3.78. The highest BCUT2D eigenvalue weighted by atomic mass is 19.1. The molecule has 1 atom stereocenters. The van der Waals surface area contributed by atoms with E-state index in [1.54, 1.807) is 0 Å². The molecular weight excluding hydrogens is 207 g/mol. The lowest BCUT2D eigenvalue weighted by atomic mass is 9.93. The Hall–Kier alpha value is -0.640. The van der Waals surface area contributed by atoms with Crippen LogP contribution in [0.3, 0.4) is 0 Å². The van der Waals surface area contributed by atoms with Gasteiger partial charge >= 0.3 is 0 Å². The van der Waals surface area contributed by atoms with Crippen molar-refractivity contribution in [1.82, 2.24) is 10.2 Å². The van der Waals surface area contributed by atoms with Crippen molar-refractivity contribution in [3.63, 3.8) is 0 Å². The van der Waals surface area contributed by atoms with E-state index in [4.69, 9.17) is 0 Å². The number of likely N-dealkylation sites (tertiary alicyclic amines) is 1. The molecule has 0 aromatic rings. The normalized spacial score (nSPS) is 28.1. The van der Waals surface area contributed by atoms with Gasteiger partial charge in [-0.15, -0.1) is 0 Å². The molecule has 92 valence electrons. The Bertz CT molecular complexity index is 241. The van der Waals surface area contributed by atoms with Gasteiger partial charge in [0.2, 0.25) is 5.91 Å². The number of amides is 1. The fourth-order valence-corrected chi connectivity index (χ4v) is 2.72. The Labute approximate surface area is 96.4 Å². The first kappa shape index (κ1) is 11.8. The molecule has 1 amide bonds. The summed E-state index contributed by atoms with van der Waals surface area (Å²) in [7, 11) is 0. The number of hydrogen-bond acceptors (Lipinski definition) is 2. The van der Waals surface area contributed by atoms with Gasteiger partial charge < -0.3 is 10.2 Å². The molecule has 4 heteroatoms. The molecule has 0 aromatic heterocycles. The number of carbonyl (C=O) groups excluding carboxylic acids is 1. The van der Waals surface area contributed by atoms with Crippen molar-refractivity contribution in [3.8, 4) is 0 Å². The first-order chi connectivity index (χ1) is 7.81. The first-order valence-electron chi connectivity index (χ1n) is 6.36. The van der Waals surface area contributed by atoms with Crippen molar-refractivity contribution < 1.29 is 9.18 Å². The van der Waals surface area contributed by atoms with Crippen molar-refractivity contribution in [2.24, 2.45) is 11.8 Å². The number of nitrogens with one attached hydrogen (secondary N) is 1. The molecule has 2 aliphatic heterocycles. The van der Waals surface area contributed by atoms with Crippen LogP contribution in [0, 0.1) is 11.8 Å². The van der Waals surface area contributed by atoms with Gasteiger partial charge in [0.15, 0.2) is 0 Å². The van der Waals surface area contributed by atoms with Crippen LogP contribution >= 0.6 is 0 Å². The van der Waals surface area contributed by atoms with E-state index in [1.807, 2.05) is 4.90 Å². The predicted molar refractivity (Wildman–Crippen MR) is 60.9 cm³/mol. The SMILES string of the molecule is O=C(C1CCNCC1)N1CCCC(CF)C1. The van der Waals surface area contributed by atoms with E-state index in [0.717, 1.165) is 45.3 Å². The number of rotatable bonds is 2. The van der Waals surface area contributed by atoms with Crippen LogP contribution in [0.1, 0.15) is 25.7 Å². The van der Waals surface area contributed by atoms with Crippen LogP contribution in [0.15, 0.2) is 0 Å². The molecule has 2 saturated heterocycles. The molecule has 0 saturated carbocycles. The Morgan fingerprint density at radius 2 is 2.06 bits per heavy atom. The molecule has 3 nitrogen and oxygen atoms in total. The van der Waals surface area contributed by atoms with Gasteiger partial charge in [-0.05, 0) is 38.8 Å². The van der Waals surface area contributed by atoms with E-state index in [2.05, 4.69) is 5.32 Å². The monoisotopic (exact) mass is 228 g/mol. The third kappa shape index (κ3) is 2.73. The number of nitrogens with zero attached hydrogens (tertiary/aromatic N) is 1. The van der Waals surface area contributed by atoms with Crippen LogP contribution in [0.2, 0.25) is 0 Å². The molecule has 0 spiro atoms. The molecule has 0 aromatic carbocycles. The third-order valence-corrected chi connectivity index (χ3v) is 3.74. The topological polar surface area (TPSA) is 32.3 Å². The molecule has 0 radical (unpaired) electrons. The minimum absolute atomic E-state index is 0.0828. The fourth-order valence-electron chi connectivity index (χ4n) is 2.72. The first-order valence-corrected chi connectivity index (χ1v) is 6.36. The number of alkyl halides is 1. The minimum atomic E-state index is -0.282. The molecule has 16 heavy (non-hydrogen) atoms. The standard InChI is InChI=1S/C12H21FN2O/c13-8-10-2-1-7-15(9-10)12(16)11-3-5-14-6-4-11/h10-11,14H,1-9H2. The molecule has 2 heterocycles. The Balaban J connectivity index is 1.87. The van der Waals surface area contributed by atoms with E-state index in [0.29, 0.717) is 6.54 Å². The summed E-state index contributed by atoms with van der Waals surface area (Å²) in [5, 5.41) is 3.26. The maximum atomic E-state index is 12.6. The van der Waals surface area contributed by atoms with E-state index < -0.39 is 0 Å². The van der Waals surface area contributed by atoms with E-state index in [-0.39, 0.29) is 24.4 Å². The van der Waals surface area contributed by atoms with Crippen molar-refractivity contribution >= 4 is 5.91 Å². The summed E-state index contributed by atoms with van der Waals surface area (Å²) in [5.74, 6) is 0.527. The predicted octanol–water partition coefficient (Wildman–Crippen LogP) is 1.19. The molecule has 1 unspecified atom stereocenters. The van der Waals surface area contributed by atoms with Crippen molar-refractivity contribution in [1.29, 1.82) is 0 Å². The van der Waals surface area contributed by atoms with Crippen molar-refractivity contribution in [2.75, 3.05) is 32.9 Å². The third-order valence-electron chi connectivity index (χ3n) is 3.74. The second-order valence-corrected chi connectivity index (χ2v) is 4.97.